The first kappa shape index (κ1) is 15.5. The van der Waals surface area contributed by atoms with E-state index in [-0.39, 0.29) is 17.8 Å². The monoisotopic (exact) mass is 317 g/mol. The molecule has 0 spiro atoms. The van der Waals surface area contributed by atoms with Crippen molar-refractivity contribution in [3.8, 4) is 0 Å². The zero-order valence-corrected chi connectivity index (χ0v) is 13.2. The lowest BCUT2D eigenvalue weighted by Gasteiger charge is -2.25. The van der Waals surface area contributed by atoms with E-state index < -0.39 is 6.04 Å². The number of nitrogens with one attached hydrogen (secondary N) is 2. The molecule has 1 aromatic carbocycles. The lowest BCUT2D eigenvalue weighted by molar-refractivity contribution is -0.125. The van der Waals surface area contributed by atoms with Crippen molar-refractivity contribution in [2.24, 2.45) is 5.92 Å². The zero-order chi connectivity index (χ0) is 16.6. The van der Waals surface area contributed by atoms with Crippen LogP contribution in [0.4, 0.5) is 9.18 Å². The van der Waals surface area contributed by atoms with Gasteiger partial charge in [0, 0.05) is 6.54 Å². The summed E-state index contributed by atoms with van der Waals surface area (Å²) in [6.07, 6.45) is 0.901. The summed E-state index contributed by atoms with van der Waals surface area (Å²) in [5, 5.41) is 5.44. The van der Waals surface area contributed by atoms with Crippen LogP contribution in [-0.2, 0) is 4.79 Å². The van der Waals surface area contributed by atoms with Crippen molar-refractivity contribution in [1.82, 2.24) is 15.5 Å². The molecule has 23 heavy (non-hydrogen) atoms. The molecule has 0 saturated heterocycles. The fourth-order valence-corrected chi connectivity index (χ4v) is 2.96. The van der Waals surface area contributed by atoms with Gasteiger partial charge >= 0.3 is 6.03 Å². The molecule has 0 saturated carbocycles. The third-order valence-corrected chi connectivity index (χ3v) is 4.18. The molecule has 5 nitrogen and oxygen atoms in total. The Labute approximate surface area is 134 Å². The van der Waals surface area contributed by atoms with Crippen LogP contribution in [0.2, 0.25) is 0 Å². The molecular formula is C17H20FN3O2. The number of amides is 3. The van der Waals surface area contributed by atoms with E-state index in [4.69, 9.17) is 0 Å². The molecule has 0 aliphatic carbocycles. The number of halogens is 1. The Bertz CT molecular complexity index is 684. The molecular weight excluding hydrogens is 297 g/mol. The third kappa shape index (κ3) is 3.06. The first-order valence-electron chi connectivity index (χ1n) is 7.81. The van der Waals surface area contributed by atoms with Crippen molar-refractivity contribution in [2.75, 3.05) is 13.1 Å². The van der Waals surface area contributed by atoms with E-state index in [0.717, 1.165) is 6.42 Å². The second-order valence-corrected chi connectivity index (χ2v) is 6.39. The van der Waals surface area contributed by atoms with Crippen LogP contribution in [0.15, 0.2) is 35.5 Å². The van der Waals surface area contributed by atoms with Crippen molar-refractivity contribution < 1.29 is 14.0 Å². The number of rotatable bonds is 4. The van der Waals surface area contributed by atoms with E-state index in [2.05, 4.69) is 24.5 Å². The minimum atomic E-state index is -0.606. The highest BCUT2D eigenvalue weighted by molar-refractivity contribution is 6.01. The van der Waals surface area contributed by atoms with Gasteiger partial charge in [-0.2, -0.15) is 0 Å². The highest BCUT2D eigenvalue weighted by Gasteiger charge is 2.40. The number of carbonyl (C=O) groups is 2. The van der Waals surface area contributed by atoms with Gasteiger partial charge in [0.05, 0.1) is 23.9 Å². The Kier molecular flexibility index (Phi) is 4.07. The molecule has 0 fully saturated rings. The molecule has 0 radical (unpaired) electrons. The highest BCUT2D eigenvalue weighted by Crippen LogP contribution is 2.32. The van der Waals surface area contributed by atoms with Crippen LogP contribution < -0.4 is 10.6 Å². The van der Waals surface area contributed by atoms with Crippen LogP contribution in [0, 0.1) is 11.7 Å². The fraction of sp³-hybridized carbons (Fsp3) is 0.412. The number of urea groups is 1. The van der Waals surface area contributed by atoms with Gasteiger partial charge in [-0.05, 0) is 30.0 Å². The lowest BCUT2D eigenvalue weighted by Crippen LogP contribution is -2.44. The zero-order valence-electron chi connectivity index (χ0n) is 13.2. The number of carbonyl (C=O) groups excluding carboxylic acids is 2. The van der Waals surface area contributed by atoms with E-state index in [0.29, 0.717) is 35.8 Å². The Morgan fingerprint density at radius 2 is 2.13 bits per heavy atom. The van der Waals surface area contributed by atoms with Gasteiger partial charge in [0.15, 0.2) is 0 Å². The van der Waals surface area contributed by atoms with E-state index in [1.807, 2.05) is 0 Å². The second-order valence-electron chi connectivity index (χ2n) is 6.39. The SMILES string of the molecule is CC(C)CCN1CC2=C(C1=O)C(c1cccc(F)c1)NC(=O)N2. The Balaban J connectivity index is 1.88. The van der Waals surface area contributed by atoms with Crippen molar-refractivity contribution in [1.29, 1.82) is 0 Å². The summed E-state index contributed by atoms with van der Waals surface area (Å²) in [4.78, 5) is 26.3. The number of benzene rings is 1. The van der Waals surface area contributed by atoms with Gasteiger partial charge in [-0.25, -0.2) is 9.18 Å². The molecule has 1 unspecified atom stereocenters. The first-order chi connectivity index (χ1) is 11.0. The minimum Gasteiger partial charge on any atom is -0.333 e. The predicted octanol–water partition coefficient (Wildman–Crippen LogP) is 2.32. The summed E-state index contributed by atoms with van der Waals surface area (Å²) in [5.74, 6) is 0.00844. The van der Waals surface area contributed by atoms with Crippen molar-refractivity contribution in [3.05, 3.63) is 46.9 Å². The van der Waals surface area contributed by atoms with Crippen molar-refractivity contribution in [3.63, 3.8) is 0 Å². The minimum absolute atomic E-state index is 0.0950. The van der Waals surface area contributed by atoms with E-state index in [1.165, 1.54) is 12.1 Å². The van der Waals surface area contributed by atoms with Crippen LogP contribution in [0.3, 0.4) is 0 Å². The van der Waals surface area contributed by atoms with Crippen molar-refractivity contribution in [2.45, 2.75) is 26.3 Å². The summed E-state index contributed by atoms with van der Waals surface area (Å²) in [6.45, 7) is 5.26. The van der Waals surface area contributed by atoms with Gasteiger partial charge in [0.2, 0.25) is 0 Å². The smallest absolute Gasteiger partial charge is 0.319 e. The molecule has 1 aromatic rings. The average Bonchev–Trinajstić information content (AvgIpc) is 2.80. The molecule has 0 bridgehead atoms. The molecule has 2 aliphatic heterocycles. The maximum Gasteiger partial charge on any atom is 0.319 e. The molecule has 2 heterocycles. The summed E-state index contributed by atoms with van der Waals surface area (Å²) in [7, 11) is 0. The molecule has 6 heteroatoms. The molecule has 0 aromatic heterocycles. The first-order valence-corrected chi connectivity index (χ1v) is 7.81. The van der Waals surface area contributed by atoms with E-state index >= 15 is 0 Å². The number of hydrogen-bond acceptors (Lipinski definition) is 2. The molecule has 2 N–H and O–H groups in total. The Morgan fingerprint density at radius 3 is 2.83 bits per heavy atom. The number of hydrogen-bond donors (Lipinski definition) is 2. The second kappa shape index (κ2) is 6.02. The maximum absolute atomic E-state index is 13.5. The van der Waals surface area contributed by atoms with Crippen LogP contribution in [0.5, 0.6) is 0 Å². The summed E-state index contributed by atoms with van der Waals surface area (Å²) < 4.78 is 13.5. The van der Waals surface area contributed by atoms with Crippen LogP contribution >= 0.6 is 0 Å². The summed E-state index contributed by atoms with van der Waals surface area (Å²) in [6, 6.07) is 5.02. The molecule has 3 amide bonds. The van der Waals surface area contributed by atoms with Crippen LogP contribution in [0.25, 0.3) is 0 Å². The van der Waals surface area contributed by atoms with Crippen molar-refractivity contribution >= 4 is 11.9 Å². The average molecular weight is 317 g/mol. The maximum atomic E-state index is 13.5. The lowest BCUT2D eigenvalue weighted by atomic mass is 9.96. The van der Waals surface area contributed by atoms with Gasteiger partial charge in [-0.15, -0.1) is 0 Å². The van der Waals surface area contributed by atoms with Gasteiger partial charge in [-0.3, -0.25) is 4.79 Å². The summed E-state index contributed by atoms with van der Waals surface area (Å²) >= 11 is 0. The quantitative estimate of drug-likeness (QED) is 0.895. The fourth-order valence-electron chi connectivity index (χ4n) is 2.96. The Hall–Kier alpha value is -2.37. The topological polar surface area (TPSA) is 61.4 Å². The molecule has 1 atom stereocenters. The van der Waals surface area contributed by atoms with Gasteiger partial charge in [0.25, 0.3) is 5.91 Å². The molecule has 2 aliphatic rings. The van der Waals surface area contributed by atoms with Crippen LogP contribution in [0.1, 0.15) is 31.9 Å². The largest absolute Gasteiger partial charge is 0.333 e. The highest BCUT2D eigenvalue weighted by atomic mass is 19.1. The Morgan fingerprint density at radius 1 is 1.35 bits per heavy atom. The van der Waals surface area contributed by atoms with E-state index in [1.54, 1.807) is 17.0 Å². The predicted molar refractivity (Wildman–Crippen MR) is 83.9 cm³/mol. The summed E-state index contributed by atoms with van der Waals surface area (Å²) in [5.41, 5.74) is 1.71. The van der Waals surface area contributed by atoms with E-state index in [9.17, 15) is 14.0 Å². The van der Waals surface area contributed by atoms with Gasteiger partial charge in [-0.1, -0.05) is 26.0 Å². The normalized spacial score (nSPS) is 20.7. The number of nitrogens with zero attached hydrogens (tertiary/aromatic N) is 1. The standard InChI is InChI=1S/C17H20FN3O2/c1-10(2)6-7-21-9-13-14(16(21)22)15(20-17(23)19-13)11-4-3-5-12(18)8-11/h3-5,8,10,15H,6-7,9H2,1-2H3,(H2,19,20,23). The van der Waals surface area contributed by atoms with Gasteiger partial charge in [0.1, 0.15) is 5.82 Å². The van der Waals surface area contributed by atoms with Crippen LogP contribution in [-0.4, -0.2) is 29.9 Å². The third-order valence-electron chi connectivity index (χ3n) is 4.18. The molecule has 3 rings (SSSR count). The van der Waals surface area contributed by atoms with Gasteiger partial charge < -0.3 is 15.5 Å². The molecule has 122 valence electrons.